The largest absolute Gasteiger partial charge is 0.449 e. The fourth-order valence-electron chi connectivity index (χ4n) is 1.39. The standard InChI is InChI=1S/C10H17F2NO3/c1-2-3-5-16-10(14)13-4-6-15-8(7-13)9(11)12/h8-9H,2-7H2,1H3. The number of rotatable bonds is 4. The van der Waals surface area contributed by atoms with Crippen LogP contribution in [0.4, 0.5) is 13.6 Å². The average Bonchev–Trinajstić information content (AvgIpc) is 2.29. The van der Waals surface area contributed by atoms with Crippen molar-refractivity contribution in [3.05, 3.63) is 0 Å². The van der Waals surface area contributed by atoms with E-state index in [2.05, 4.69) is 0 Å². The third-order valence-corrected chi connectivity index (χ3v) is 2.36. The normalized spacial score (nSPS) is 21.2. The van der Waals surface area contributed by atoms with Gasteiger partial charge in [0, 0.05) is 6.54 Å². The van der Waals surface area contributed by atoms with E-state index < -0.39 is 18.6 Å². The van der Waals surface area contributed by atoms with Crippen molar-refractivity contribution < 1.29 is 23.0 Å². The minimum atomic E-state index is -2.56. The van der Waals surface area contributed by atoms with Crippen molar-refractivity contribution in [3.63, 3.8) is 0 Å². The van der Waals surface area contributed by atoms with Gasteiger partial charge in [-0.3, -0.25) is 0 Å². The molecule has 1 unspecified atom stereocenters. The van der Waals surface area contributed by atoms with Crippen LogP contribution in [0, 0.1) is 0 Å². The highest BCUT2D eigenvalue weighted by molar-refractivity contribution is 5.67. The van der Waals surface area contributed by atoms with Crippen molar-refractivity contribution in [1.29, 1.82) is 0 Å². The lowest BCUT2D eigenvalue weighted by Gasteiger charge is -2.31. The summed E-state index contributed by atoms with van der Waals surface area (Å²) in [6.07, 6.45) is -2.56. The number of morpholine rings is 1. The van der Waals surface area contributed by atoms with E-state index in [1.807, 2.05) is 6.92 Å². The summed E-state index contributed by atoms with van der Waals surface area (Å²) in [5, 5.41) is 0. The zero-order chi connectivity index (χ0) is 12.0. The molecule has 6 heteroatoms. The van der Waals surface area contributed by atoms with Gasteiger partial charge in [-0.15, -0.1) is 0 Å². The molecule has 1 saturated heterocycles. The van der Waals surface area contributed by atoms with Gasteiger partial charge in [0.1, 0.15) is 6.10 Å². The summed E-state index contributed by atoms with van der Waals surface area (Å²) in [4.78, 5) is 12.7. The fourth-order valence-corrected chi connectivity index (χ4v) is 1.39. The van der Waals surface area contributed by atoms with Crippen LogP contribution in [0.15, 0.2) is 0 Å². The van der Waals surface area contributed by atoms with E-state index in [0.717, 1.165) is 12.8 Å². The summed E-state index contributed by atoms with van der Waals surface area (Å²) in [5.74, 6) is 0. The molecule has 0 aromatic heterocycles. The van der Waals surface area contributed by atoms with Gasteiger partial charge in [-0.25, -0.2) is 13.6 Å². The lowest BCUT2D eigenvalue weighted by Crippen LogP contribution is -2.48. The predicted molar refractivity (Wildman–Crippen MR) is 53.6 cm³/mol. The maximum Gasteiger partial charge on any atom is 0.409 e. The second-order valence-electron chi connectivity index (χ2n) is 3.66. The van der Waals surface area contributed by atoms with Crippen molar-refractivity contribution in [2.45, 2.75) is 32.3 Å². The second kappa shape index (κ2) is 6.62. The first-order chi connectivity index (χ1) is 7.65. The molecule has 0 saturated carbocycles. The second-order valence-corrected chi connectivity index (χ2v) is 3.66. The first-order valence-corrected chi connectivity index (χ1v) is 5.46. The van der Waals surface area contributed by atoms with Crippen molar-refractivity contribution in [2.24, 2.45) is 0 Å². The molecule has 1 rings (SSSR count). The molecule has 1 aliphatic heterocycles. The Labute approximate surface area is 93.5 Å². The van der Waals surface area contributed by atoms with Crippen LogP contribution in [0.3, 0.4) is 0 Å². The molecular formula is C10H17F2NO3. The summed E-state index contributed by atoms with van der Waals surface area (Å²) in [5.41, 5.74) is 0. The average molecular weight is 237 g/mol. The van der Waals surface area contributed by atoms with Gasteiger partial charge in [0.15, 0.2) is 0 Å². The van der Waals surface area contributed by atoms with E-state index in [9.17, 15) is 13.6 Å². The molecule has 0 aromatic rings. The number of hydrogen-bond acceptors (Lipinski definition) is 3. The van der Waals surface area contributed by atoms with Gasteiger partial charge in [-0.2, -0.15) is 0 Å². The molecule has 1 aliphatic rings. The fraction of sp³-hybridized carbons (Fsp3) is 0.900. The molecule has 4 nitrogen and oxygen atoms in total. The summed E-state index contributed by atoms with van der Waals surface area (Å²) < 4.78 is 34.5. The summed E-state index contributed by atoms with van der Waals surface area (Å²) >= 11 is 0. The topological polar surface area (TPSA) is 38.8 Å². The quantitative estimate of drug-likeness (QED) is 0.701. The molecular weight excluding hydrogens is 220 g/mol. The van der Waals surface area contributed by atoms with Crippen LogP contribution in [0.2, 0.25) is 0 Å². The van der Waals surface area contributed by atoms with E-state index in [0.29, 0.717) is 13.2 Å². The zero-order valence-corrected chi connectivity index (χ0v) is 9.33. The van der Waals surface area contributed by atoms with Crippen LogP contribution < -0.4 is 0 Å². The van der Waals surface area contributed by atoms with Crippen molar-refractivity contribution in [1.82, 2.24) is 4.90 Å². The molecule has 0 radical (unpaired) electrons. The molecule has 0 aromatic carbocycles. The van der Waals surface area contributed by atoms with E-state index >= 15 is 0 Å². The summed E-state index contributed by atoms with van der Waals surface area (Å²) in [6, 6.07) is 0. The Morgan fingerprint density at radius 3 is 3.00 bits per heavy atom. The third-order valence-electron chi connectivity index (χ3n) is 2.36. The number of carbonyl (C=O) groups excluding carboxylic acids is 1. The minimum Gasteiger partial charge on any atom is -0.449 e. The van der Waals surface area contributed by atoms with Crippen LogP contribution in [0.5, 0.6) is 0 Å². The van der Waals surface area contributed by atoms with Crippen LogP contribution in [-0.2, 0) is 9.47 Å². The number of alkyl halides is 2. The molecule has 0 bridgehead atoms. The van der Waals surface area contributed by atoms with Gasteiger partial charge >= 0.3 is 6.09 Å². The van der Waals surface area contributed by atoms with Gasteiger partial charge in [0.05, 0.1) is 19.8 Å². The van der Waals surface area contributed by atoms with Gasteiger partial charge < -0.3 is 14.4 Å². The lowest BCUT2D eigenvalue weighted by atomic mass is 10.3. The molecule has 16 heavy (non-hydrogen) atoms. The monoisotopic (exact) mass is 237 g/mol. The molecule has 0 aliphatic carbocycles. The predicted octanol–water partition coefficient (Wildman–Crippen LogP) is 1.89. The molecule has 0 N–H and O–H groups in total. The maximum absolute atomic E-state index is 12.4. The van der Waals surface area contributed by atoms with Crippen LogP contribution in [0.25, 0.3) is 0 Å². The van der Waals surface area contributed by atoms with Gasteiger partial charge in [0.25, 0.3) is 6.43 Å². The van der Waals surface area contributed by atoms with Gasteiger partial charge in [0.2, 0.25) is 0 Å². The molecule has 0 spiro atoms. The van der Waals surface area contributed by atoms with E-state index in [-0.39, 0.29) is 13.2 Å². The maximum atomic E-state index is 12.4. The smallest absolute Gasteiger partial charge is 0.409 e. The van der Waals surface area contributed by atoms with E-state index in [1.54, 1.807) is 0 Å². The van der Waals surface area contributed by atoms with Crippen LogP contribution in [-0.4, -0.2) is 49.8 Å². The highest BCUT2D eigenvalue weighted by Gasteiger charge is 2.30. The number of unbranched alkanes of at least 4 members (excludes halogenated alkanes) is 1. The summed E-state index contributed by atoms with van der Waals surface area (Å²) in [7, 11) is 0. The lowest BCUT2D eigenvalue weighted by molar-refractivity contribution is -0.0976. The highest BCUT2D eigenvalue weighted by Crippen LogP contribution is 2.13. The van der Waals surface area contributed by atoms with E-state index in [4.69, 9.17) is 9.47 Å². The first-order valence-electron chi connectivity index (χ1n) is 5.46. The first kappa shape index (κ1) is 13.2. The van der Waals surface area contributed by atoms with Crippen LogP contribution in [0.1, 0.15) is 19.8 Å². The van der Waals surface area contributed by atoms with Crippen LogP contribution >= 0.6 is 0 Å². The molecule has 1 atom stereocenters. The Hall–Kier alpha value is -0.910. The zero-order valence-electron chi connectivity index (χ0n) is 9.33. The third kappa shape index (κ3) is 3.92. The van der Waals surface area contributed by atoms with Crippen molar-refractivity contribution in [2.75, 3.05) is 26.3 Å². The summed E-state index contributed by atoms with van der Waals surface area (Å²) in [6.45, 7) is 2.68. The Morgan fingerprint density at radius 2 is 2.38 bits per heavy atom. The Kier molecular flexibility index (Phi) is 5.45. The minimum absolute atomic E-state index is 0.0946. The molecule has 1 amide bonds. The number of ether oxygens (including phenoxy) is 2. The molecule has 94 valence electrons. The molecule has 1 heterocycles. The highest BCUT2D eigenvalue weighted by atomic mass is 19.3. The number of nitrogens with zero attached hydrogens (tertiary/aromatic N) is 1. The van der Waals surface area contributed by atoms with E-state index in [1.165, 1.54) is 4.90 Å². The van der Waals surface area contributed by atoms with Crippen molar-refractivity contribution >= 4 is 6.09 Å². The number of amides is 1. The SMILES string of the molecule is CCCCOC(=O)N1CCOC(C(F)F)C1. The number of halogens is 2. The number of hydrogen-bond donors (Lipinski definition) is 0. The Bertz CT molecular complexity index is 226. The Morgan fingerprint density at radius 1 is 1.62 bits per heavy atom. The van der Waals surface area contributed by atoms with Gasteiger partial charge in [-0.05, 0) is 6.42 Å². The Balaban J connectivity index is 2.32. The van der Waals surface area contributed by atoms with Gasteiger partial charge in [-0.1, -0.05) is 13.3 Å². The molecule has 1 fully saturated rings. The van der Waals surface area contributed by atoms with Crippen molar-refractivity contribution in [3.8, 4) is 0 Å². The number of carbonyl (C=O) groups is 1.